The lowest BCUT2D eigenvalue weighted by molar-refractivity contribution is -0.119. The fourth-order valence-electron chi connectivity index (χ4n) is 1.50. The number of nitrogens with one attached hydrogen (secondary N) is 1. The van der Waals surface area contributed by atoms with Gasteiger partial charge in [0.2, 0.25) is 5.91 Å². The third-order valence-corrected chi connectivity index (χ3v) is 3.04. The molecule has 4 nitrogen and oxygen atoms in total. The van der Waals surface area contributed by atoms with Gasteiger partial charge in [-0.2, -0.15) is 0 Å². The highest BCUT2D eigenvalue weighted by molar-refractivity contribution is 9.10. The van der Waals surface area contributed by atoms with Crippen molar-refractivity contribution in [2.24, 2.45) is 0 Å². The predicted molar refractivity (Wildman–Crippen MR) is 75.1 cm³/mol. The monoisotopic (exact) mass is 317 g/mol. The Balaban J connectivity index is 2.75. The van der Waals surface area contributed by atoms with Crippen LogP contribution >= 0.6 is 15.9 Å². The van der Waals surface area contributed by atoms with E-state index < -0.39 is 5.82 Å². The molecule has 0 saturated carbocycles. The Morgan fingerprint density at radius 2 is 2.22 bits per heavy atom. The van der Waals surface area contributed by atoms with Crippen molar-refractivity contribution in [3.05, 3.63) is 22.4 Å². The van der Waals surface area contributed by atoms with Crippen LogP contribution in [0.2, 0.25) is 0 Å². The molecule has 1 rings (SSSR count). The molecule has 18 heavy (non-hydrogen) atoms. The number of benzene rings is 1. The van der Waals surface area contributed by atoms with Gasteiger partial charge in [0, 0.05) is 19.7 Å². The van der Waals surface area contributed by atoms with Crippen LogP contribution in [-0.2, 0) is 4.79 Å². The van der Waals surface area contributed by atoms with Gasteiger partial charge < -0.3 is 16.0 Å². The average Bonchev–Trinajstić information content (AvgIpc) is 2.31. The maximum Gasteiger partial charge on any atom is 0.239 e. The Hall–Kier alpha value is -1.30. The Labute approximate surface area is 114 Å². The molecule has 1 aromatic rings. The average molecular weight is 318 g/mol. The van der Waals surface area contributed by atoms with Gasteiger partial charge >= 0.3 is 0 Å². The fraction of sp³-hybridized carbons (Fsp3) is 0.417. The van der Waals surface area contributed by atoms with E-state index in [-0.39, 0.29) is 12.5 Å². The number of nitrogen functional groups attached to an aromatic ring is 1. The van der Waals surface area contributed by atoms with Crippen LogP contribution in [0.1, 0.15) is 13.3 Å². The number of nitrogens with two attached hydrogens (primary N) is 1. The van der Waals surface area contributed by atoms with Crippen LogP contribution in [0.3, 0.4) is 0 Å². The number of hydrogen-bond acceptors (Lipinski definition) is 3. The molecule has 0 aliphatic carbocycles. The standard InChI is InChI=1S/C12H17BrFN3O/c1-3-4-16-12(18)7-17(2)11-6-9(14)8(13)5-10(11)15/h5-6H,3-4,7,15H2,1-2H3,(H,16,18). The number of halogens is 2. The minimum atomic E-state index is -0.403. The molecule has 1 aromatic carbocycles. The SMILES string of the molecule is CCCNC(=O)CN(C)c1cc(F)c(Br)cc1N. The van der Waals surface area contributed by atoms with Crippen LogP contribution in [0.25, 0.3) is 0 Å². The van der Waals surface area contributed by atoms with Crippen LogP contribution in [-0.4, -0.2) is 26.0 Å². The van der Waals surface area contributed by atoms with Crippen molar-refractivity contribution < 1.29 is 9.18 Å². The zero-order valence-corrected chi connectivity index (χ0v) is 12.1. The first-order valence-corrected chi connectivity index (χ1v) is 6.47. The second-order valence-electron chi connectivity index (χ2n) is 4.03. The van der Waals surface area contributed by atoms with Crippen LogP contribution in [0.15, 0.2) is 16.6 Å². The molecule has 0 radical (unpaired) electrons. The molecule has 0 fully saturated rings. The normalized spacial score (nSPS) is 10.2. The summed E-state index contributed by atoms with van der Waals surface area (Å²) in [7, 11) is 1.70. The minimum Gasteiger partial charge on any atom is -0.397 e. The number of carbonyl (C=O) groups is 1. The number of likely N-dealkylation sites (N-methyl/N-ethyl adjacent to an activating group) is 1. The van der Waals surface area contributed by atoms with Crippen LogP contribution < -0.4 is 16.0 Å². The van der Waals surface area contributed by atoms with Crippen molar-refractivity contribution in [3.8, 4) is 0 Å². The summed E-state index contributed by atoms with van der Waals surface area (Å²) in [6, 6.07) is 2.80. The molecular weight excluding hydrogens is 301 g/mol. The van der Waals surface area contributed by atoms with Crippen molar-refractivity contribution in [2.75, 3.05) is 30.8 Å². The van der Waals surface area contributed by atoms with E-state index in [4.69, 9.17) is 5.73 Å². The third kappa shape index (κ3) is 3.87. The van der Waals surface area contributed by atoms with Gasteiger partial charge in [-0.05, 0) is 28.4 Å². The highest BCUT2D eigenvalue weighted by Crippen LogP contribution is 2.28. The number of hydrogen-bond donors (Lipinski definition) is 2. The van der Waals surface area contributed by atoms with Gasteiger partial charge in [-0.3, -0.25) is 4.79 Å². The van der Waals surface area contributed by atoms with Crippen LogP contribution in [0.4, 0.5) is 15.8 Å². The summed E-state index contributed by atoms with van der Waals surface area (Å²) in [5, 5.41) is 2.75. The summed E-state index contributed by atoms with van der Waals surface area (Å²) in [5.41, 5.74) is 6.72. The molecule has 0 unspecified atom stereocenters. The summed E-state index contributed by atoms with van der Waals surface area (Å²) >= 11 is 3.06. The largest absolute Gasteiger partial charge is 0.397 e. The molecule has 1 amide bonds. The van der Waals surface area contributed by atoms with Gasteiger partial charge in [-0.15, -0.1) is 0 Å². The van der Waals surface area contributed by atoms with E-state index in [2.05, 4.69) is 21.2 Å². The van der Waals surface area contributed by atoms with E-state index in [1.54, 1.807) is 11.9 Å². The summed E-state index contributed by atoms with van der Waals surface area (Å²) in [5.74, 6) is -0.512. The molecule has 100 valence electrons. The van der Waals surface area contributed by atoms with E-state index in [1.807, 2.05) is 6.92 Å². The van der Waals surface area contributed by atoms with Crippen LogP contribution in [0, 0.1) is 5.82 Å². The highest BCUT2D eigenvalue weighted by Gasteiger charge is 2.12. The van der Waals surface area contributed by atoms with E-state index in [1.165, 1.54) is 12.1 Å². The smallest absolute Gasteiger partial charge is 0.239 e. The number of anilines is 2. The fourth-order valence-corrected chi connectivity index (χ4v) is 1.86. The molecule has 6 heteroatoms. The number of nitrogens with zero attached hydrogens (tertiary/aromatic N) is 1. The Kier molecular flexibility index (Phi) is 5.40. The van der Waals surface area contributed by atoms with Gasteiger partial charge in [0.1, 0.15) is 5.82 Å². The van der Waals surface area contributed by atoms with Crippen molar-refractivity contribution >= 4 is 33.2 Å². The highest BCUT2D eigenvalue weighted by atomic mass is 79.9. The quantitative estimate of drug-likeness (QED) is 0.818. The second kappa shape index (κ2) is 6.58. The molecule has 0 atom stereocenters. The maximum absolute atomic E-state index is 13.4. The minimum absolute atomic E-state index is 0.109. The zero-order valence-electron chi connectivity index (χ0n) is 10.5. The molecule has 0 aliphatic heterocycles. The Bertz CT molecular complexity index is 440. The first-order chi connectivity index (χ1) is 8.45. The van der Waals surface area contributed by atoms with Crippen molar-refractivity contribution in [3.63, 3.8) is 0 Å². The Morgan fingerprint density at radius 1 is 1.56 bits per heavy atom. The number of carbonyl (C=O) groups excluding carboxylic acids is 1. The maximum atomic E-state index is 13.4. The molecule has 0 bridgehead atoms. The second-order valence-corrected chi connectivity index (χ2v) is 4.89. The molecule has 0 spiro atoms. The molecule has 0 heterocycles. The lowest BCUT2D eigenvalue weighted by Gasteiger charge is -2.21. The van der Waals surface area contributed by atoms with Gasteiger partial charge in [-0.25, -0.2) is 4.39 Å². The van der Waals surface area contributed by atoms with E-state index in [0.717, 1.165) is 6.42 Å². The van der Waals surface area contributed by atoms with E-state index in [9.17, 15) is 9.18 Å². The molecular formula is C12H17BrFN3O. The van der Waals surface area contributed by atoms with E-state index >= 15 is 0 Å². The summed E-state index contributed by atoms with van der Waals surface area (Å²) in [6.07, 6.45) is 0.879. The first-order valence-electron chi connectivity index (χ1n) is 5.68. The predicted octanol–water partition coefficient (Wildman–Crippen LogP) is 2.13. The summed E-state index contributed by atoms with van der Waals surface area (Å²) < 4.78 is 13.7. The molecule has 0 saturated heterocycles. The van der Waals surface area contributed by atoms with Crippen molar-refractivity contribution in [1.29, 1.82) is 0 Å². The topological polar surface area (TPSA) is 58.4 Å². The van der Waals surface area contributed by atoms with Gasteiger partial charge in [0.05, 0.1) is 22.4 Å². The van der Waals surface area contributed by atoms with Gasteiger partial charge in [-0.1, -0.05) is 6.92 Å². The van der Waals surface area contributed by atoms with Crippen molar-refractivity contribution in [2.45, 2.75) is 13.3 Å². The van der Waals surface area contributed by atoms with E-state index in [0.29, 0.717) is 22.4 Å². The number of rotatable bonds is 5. The van der Waals surface area contributed by atoms with Gasteiger partial charge in [0.15, 0.2) is 0 Å². The lowest BCUT2D eigenvalue weighted by Crippen LogP contribution is -2.35. The molecule has 0 aliphatic rings. The number of amides is 1. The molecule has 0 aromatic heterocycles. The zero-order chi connectivity index (χ0) is 13.7. The van der Waals surface area contributed by atoms with Crippen LogP contribution in [0.5, 0.6) is 0 Å². The first kappa shape index (κ1) is 14.8. The summed E-state index contributed by atoms with van der Waals surface area (Å²) in [4.78, 5) is 13.2. The summed E-state index contributed by atoms with van der Waals surface area (Å²) in [6.45, 7) is 2.76. The third-order valence-electron chi connectivity index (χ3n) is 2.43. The van der Waals surface area contributed by atoms with Crippen molar-refractivity contribution in [1.82, 2.24) is 5.32 Å². The lowest BCUT2D eigenvalue weighted by atomic mass is 10.2. The Morgan fingerprint density at radius 3 is 2.83 bits per heavy atom. The van der Waals surface area contributed by atoms with Gasteiger partial charge in [0.25, 0.3) is 0 Å². The molecule has 3 N–H and O–H groups in total.